The van der Waals surface area contributed by atoms with Gasteiger partial charge in [-0.2, -0.15) is 5.10 Å². The number of hydrogen-bond acceptors (Lipinski definition) is 3. The highest BCUT2D eigenvalue weighted by Gasteiger charge is 2.17. The van der Waals surface area contributed by atoms with Gasteiger partial charge in [-0.05, 0) is 42.0 Å². The second-order valence-corrected chi connectivity index (χ2v) is 4.90. The zero-order valence-electron chi connectivity index (χ0n) is 11.8. The van der Waals surface area contributed by atoms with Crippen molar-refractivity contribution >= 4 is 11.6 Å². The molecule has 0 aromatic heterocycles. The number of amides is 1. The molecule has 1 heterocycles. The van der Waals surface area contributed by atoms with Crippen molar-refractivity contribution in [1.29, 1.82) is 0 Å². The van der Waals surface area contributed by atoms with E-state index in [1.807, 2.05) is 54.6 Å². The van der Waals surface area contributed by atoms with Crippen molar-refractivity contribution in [2.75, 3.05) is 7.05 Å². The van der Waals surface area contributed by atoms with Gasteiger partial charge >= 0.3 is 0 Å². The highest BCUT2D eigenvalue weighted by molar-refractivity contribution is 6.04. The summed E-state index contributed by atoms with van der Waals surface area (Å²) in [6.45, 7) is 0. The van der Waals surface area contributed by atoms with Crippen molar-refractivity contribution in [3.8, 4) is 11.5 Å². The Hall–Kier alpha value is -2.62. The van der Waals surface area contributed by atoms with Gasteiger partial charge in [0.1, 0.15) is 11.5 Å². The van der Waals surface area contributed by atoms with Gasteiger partial charge in [0.25, 0.3) is 0 Å². The minimum atomic E-state index is 0.0581. The van der Waals surface area contributed by atoms with Gasteiger partial charge in [0.2, 0.25) is 5.91 Å². The lowest BCUT2D eigenvalue weighted by Gasteiger charge is -2.19. The number of para-hydroxylation sites is 1. The summed E-state index contributed by atoms with van der Waals surface area (Å²) in [7, 11) is 1.69. The molecule has 106 valence electrons. The van der Waals surface area contributed by atoms with Crippen LogP contribution in [0.4, 0.5) is 0 Å². The molecule has 0 saturated heterocycles. The molecule has 1 amide bonds. The molecular formula is C17H16N2O2. The Morgan fingerprint density at radius 3 is 2.29 bits per heavy atom. The van der Waals surface area contributed by atoms with Gasteiger partial charge in [0, 0.05) is 19.9 Å². The SMILES string of the molecule is CN1N=C(c2ccc(Oc3ccccc3)cc2)CCC1=O. The van der Waals surface area contributed by atoms with Crippen molar-refractivity contribution in [1.82, 2.24) is 5.01 Å². The Morgan fingerprint density at radius 2 is 1.62 bits per heavy atom. The summed E-state index contributed by atoms with van der Waals surface area (Å²) < 4.78 is 5.75. The maximum atomic E-state index is 11.4. The van der Waals surface area contributed by atoms with Crippen LogP contribution in [-0.4, -0.2) is 23.7 Å². The van der Waals surface area contributed by atoms with E-state index in [1.165, 1.54) is 5.01 Å². The first-order valence-electron chi connectivity index (χ1n) is 6.90. The molecule has 3 rings (SSSR count). The summed E-state index contributed by atoms with van der Waals surface area (Å²) in [6, 6.07) is 17.4. The van der Waals surface area contributed by atoms with Crippen LogP contribution in [-0.2, 0) is 4.79 Å². The first-order chi connectivity index (χ1) is 10.2. The second kappa shape index (κ2) is 5.79. The number of carbonyl (C=O) groups is 1. The van der Waals surface area contributed by atoms with Gasteiger partial charge in [0.15, 0.2) is 0 Å². The van der Waals surface area contributed by atoms with Crippen LogP contribution < -0.4 is 4.74 Å². The van der Waals surface area contributed by atoms with Crippen molar-refractivity contribution in [2.45, 2.75) is 12.8 Å². The van der Waals surface area contributed by atoms with Gasteiger partial charge in [0.05, 0.1) is 5.71 Å². The highest BCUT2D eigenvalue weighted by atomic mass is 16.5. The van der Waals surface area contributed by atoms with E-state index >= 15 is 0 Å². The maximum absolute atomic E-state index is 11.4. The molecule has 0 unspecified atom stereocenters. The topological polar surface area (TPSA) is 41.9 Å². The Labute approximate surface area is 123 Å². The predicted molar refractivity (Wildman–Crippen MR) is 81.5 cm³/mol. The fourth-order valence-electron chi connectivity index (χ4n) is 2.22. The molecule has 0 bridgehead atoms. The standard InChI is InChI=1S/C17H16N2O2/c1-19-17(20)12-11-16(18-19)13-7-9-15(10-8-13)21-14-5-3-2-4-6-14/h2-10H,11-12H2,1H3. The third-order valence-corrected chi connectivity index (χ3v) is 3.37. The fourth-order valence-corrected chi connectivity index (χ4v) is 2.22. The normalized spacial score (nSPS) is 14.8. The number of hydrogen-bond donors (Lipinski definition) is 0. The molecule has 21 heavy (non-hydrogen) atoms. The third-order valence-electron chi connectivity index (χ3n) is 3.37. The van der Waals surface area contributed by atoms with E-state index in [1.54, 1.807) is 7.05 Å². The molecule has 0 N–H and O–H groups in total. The van der Waals surface area contributed by atoms with Gasteiger partial charge in [-0.1, -0.05) is 18.2 Å². The van der Waals surface area contributed by atoms with Gasteiger partial charge < -0.3 is 4.74 Å². The fraction of sp³-hybridized carbons (Fsp3) is 0.176. The minimum Gasteiger partial charge on any atom is -0.457 e. The molecule has 2 aromatic carbocycles. The van der Waals surface area contributed by atoms with Crippen molar-refractivity contribution in [3.05, 3.63) is 60.2 Å². The van der Waals surface area contributed by atoms with Crippen LogP contribution in [0.25, 0.3) is 0 Å². The van der Waals surface area contributed by atoms with Crippen LogP contribution in [0.5, 0.6) is 11.5 Å². The molecule has 1 aliphatic rings. The van der Waals surface area contributed by atoms with Crippen LogP contribution in [0.3, 0.4) is 0 Å². The summed E-state index contributed by atoms with van der Waals surface area (Å²) in [5.41, 5.74) is 1.96. The lowest BCUT2D eigenvalue weighted by Crippen LogP contribution is -2.28. The van der Waals surface area contributed by atoms with E-state index in [0.29, 0.717) is 12.8 Å². The van der Waals surface area contributed by atoms with Gasteiger partial charge in [-0.15, -0.1) is 0 Å². The monoisotopic (exact) mass is 280 g/mol. The Balaban J connectivity index is 1.75. The molecule has 0 fully saturated rings. The molecule has 0 radical (unpaired) electrons. The molecule has 0 spiro atoms. The third kappa shape index (κ3) is 3.11. The van der Waals surface area contributed by atoms with E-state index in [0.717, 1.165) is 22.8 Å². The number of carbonyl (C=O) groups excluding carboxylic acids is 1. The zero-order chi connectivity index (χ0) is 14.7. The van der Waals surface area contributed by atoms with Crippen LogP contribution in [0, 0.1) is 0 Å². The number of ether oxygens (including phenoxy) is 1. The number of nitrogens with zero attached hydrogens (tertiary/aromatic N) is 2. The first kappa shape index (κ1) is 13.4. The number of hydrazone groups is 1. The van der Waals surface area contributed by atoms with E-state index in [2.05, 4.69) is 5.10 Å². The van der Waals surface area contributed by atoms with E-state index in [9.17, 15) is 4.79 Å². The Kier molecular flexibility index (Phi) is 3.69. The van der Waals surface area contributed by atoms with Crippen LogP contribution in [0.15, 0.2) is 59.7 Å². The highest BCUT2D eigenvalue weighted by Crippen LogP contribution is 2.22. The van der Waals surface area contributed by atoms with Crippen molar-refractivity contribution in [2.24, 2.45) is 5.10 Å². The van der Waals surface area contributed by atoms with E-state index < -0.39 is 0 Å². The largest absolute Gasteiger partial charge is 0.457 e. The smallest absolute Gasteiger partial charge is 0.242 e. The van der Waals surface area contributed by atoms with Crippen LogP contribution in [0.2, 0.25) is 0 Å². The maximum Gasteiger partial charge on any atom is 0.242 e. The van der Waals surface area contributed by atoms with Gasteiger partial charge in [-0.3, -0.25) is 4.79 Å². The summed E-state index contributed by atoms with van der Waals surface area (Å²) in [5.74, 6) is 1.65. The minimum absolute atomic E-state index is 0.0581. The molecular weight excluding hydrogens is 264 g/mol. The quantitative estimate of drug-likeness (QED) is 0.864. The predicted octanol–water partition coefficient (Wildman–Crippen LogP) is 3.44. The van der Waals surface area contributed by atoms with Crippen LogP contribution in [0.1, 0.15) is 18.4 Å². The second-order valence-electron chi connectivity index (χ2n) is 4.90. The average Bonchev–Trinajstić information content (AvgIpc) is 2.52. The molecule has 1 aliphatic heterocycles. The lowest BCUT2D eigenvalue weighted by atomic mass is 10.0. The lowest BCUT2D eigenvalue weighted by molar-refractivity contribution is -0.130. The molecule has 0 aliphatic carbocycles. The number of benzene rings is 2. The van der Waals surface area contributed by atoms with Gasteiger partial charge in [-0.25, -0.2) is 5.01 Å². The summed E-state index contributed by atoms with van der Waals surface area (Å²) >= 11 is 0. The summed E-state index contributed by atoms with van der Waals surface area (Å²) in [6.07, 6.45) is 1.19. The van der Waals surface area contributed by atoms with E-state index in [4.69, 9.17) is 4.74 Å². The molecule has 0 saturated carbocycles. The number of rotatable bonds is 3. The van der Waals surface area contributed by atoms with E-state index in [-0.39, 0.29) is 5.91 Å². The summed E-state index contributed by atoms with van der Waals surface area (Å²) in [5, 5.41) is 5.72. The molecule has 4 nitrogen and oxygen atoms in total. The zero-order valence-corrected chi connectivity index (χ0v) is 11.8. The molecule has 2 aromatic rings. The van der Waals surface area contributed by atoms with Crippen molar-refractivity contribution < 1.29 is 9.53 Å². The molecule has 4 heteroatoms. The summed E-state index contributed by atoms with van der Waals surface area (Å²) in [4.78, 5) is 11.4. The first-order valence-corrected chi connectivity index (χ1v) is 6.90. The Bertz CT molecular complexity index is 663. The molecule has 0 atom stereocenters. The average molecular weight is 280 g/mol. The van der Waals surface area contributed by atoms with Crippen molar-refractivity contribution in [3.63, 3.8) is 0 Å². The Morgan fingerprint density at radius 1 is 0.952 bits per heavy atom. The van der Waals surface area contributed by atoms with Crippen LogP contribution >= 0.6 is 0 Å².